The van der Waals surface area contributed by atoms with Crippen molar-refractivity contribution in [1.82, 2.24) is 5.32 Å². The summed E-state index contributed by atoms with van der Waals surface area (Å²) in [5, 5.41) is 22.1. The van der Waals surface area contributed by atoms with E-state index in [4.69, 9.17) is 0 Å². The SMILES string of the molecule is CC1(CC(=O)NCCc2ccccc2)CC(O)C(O)C1. The van der Waals surface area contributed by atoms with Gasteiger partial charge in [0.25, 0.3) is 0 Å². The van der Waals surface area contributed by atoms with Crippen LogP contribution in [0.25, 0.3) is 0 Å². The number of carbonyl (C=O) groups excluding carboxylic acids is 1. The molecule has 2 rings (SSSR count). The average molecular weight is 277 g/mol. The van der Waals surface area contributed by atoms with Gasteiger partial charge >= 0.3 is 0 Å². The molecule has 0 aromatic heterocycles. The first-order chi connectivity index (χ1) is 9.48. The highest BCUT2D eigenvalue weighted by Crippen LogP contribution is 2.40. The van der Waals surface area contributed by atoms with Gasteiger partial charge in [0.15, 0.2) is 0 Å². The summed E-state index contributed by atoms with van der Waals surface area (Å²) in [6.07, 6.45) is 0.750. The van der Waals surface area contributed by atoms with Crippen LogP contribution in [0.4, 0.5) is 0 Å². The summed E-state index contributed by atoms with van der Waals surface area (Å²) in [7, 11) is 0. The topological polar surface area (TPSA) is 69.6 Å². The minimum absolute atomic E-state index is 0.00951. The molecule has 4 nitrogen and oxygen atoms in total. The van der Waals surface area contributed by atoms with E-state index in [1.165, 1.54) is 5.56 Å². The van der Waals surface area contributed by atoms with Gasteiger partial charge in [0.2, 0.25) is 5.91 Å². The van der Waals surface area contributed by atoms with Crippen molar-refractivity contribution in [3.8, 4) is 0 Å². The van der Waals surface area contributed by atoms with Crippen LogP contribution in [0.15, 0.2) is 30.3 Å². The first kappa shape index (κ1) is 15.0. The summed E-state index contributed by atoms with van der Waals surface area (Å²) in [6, 6.07) is 10.0. The van der Waals surface area contributed by atoms with Crippen molar-refractivity contribution in [1.29, 1.82) is 0 Å². The highest BCUT2D eigenvalue weighted by atomic mass is 16.3. The summed E-state index contributed by atoms with van der Waals surface area (Å²) in [6.45, 7) is 2.56. The van der Waals surface area contributed by atoms with Crippen LogP contribution < -0.4 is 5.32 Å². The maximum absolute atomic E-state index is 11.9. The van der Waals surface area contributed by atoms with Crippen molar-refractivity contribution in [2.75, 3.05) is 6.54 Å². The fourth-order valence-electron chi connectivity index (χ4n) is 2.95. The molecule has 1 fully saturated rings. The number of nitrogens with one attached hydrogen (secondary N) is 1. The minimum atomic E-state index is -0.697. The molecule has 0 radical (unpaired) electrons. The Balaban J connectivity index is 1.73. The van der Waals surface area contributed by atoms with Crippen LogP contribution in [0.1, 0.15) is 31.7 Å². The van der Waals surface area contributed by atoms with Crippen molar-refractivity contribution in [3.63, 3.8) is 0 Å². The van der Waals surface area contributed by atoms with Crippen molar-refractivity contribution >= 4 is 5.91 Å². The van der Waals surface area contributed by atoms with Gasteiger partial charge in [0, 0.05) is 13.0 Å². The number of amides is 1. The van der Waals surface area contributed by atoms with E-state index in [0.29, 0.717) is 25.8 Å². The van der Waals surface area contributed by atoms with Gasteiger partial charge in [-0.1, -0.05) is 37.3 Å². The predicted octanol–water partition coefficient (Wildman–Crippen LogP) is 1.26. The smallest absolute Gasteiger partial charge is 0.220 e. The second-order valence-corrected chi connectivity index (χ2v) is 6.12. The van der Waals surface area contributed by atoms with E-state index < -0.39 is 12.2 Å². The lowest BCUT2D eigenvalue weighted by atomic mass is 9.84. The van der Waals surface area contributed by atoms with Crippen molar-refractivity contribution in [2.45, 2.75) is 44.8 Å². The largest absolute Gasteiger partial charge is 0.390 e. The summed E-state index contributed by atoms with van der Waals surface area (Å²) in [5.41, 5.74) is 0.904. The zero-order chi connectivity index (χ0) is 14.6. The Morgan fingerprint density at radius 2 is 1.85 bits per heavy atom. The van der Waals surface area contributed by atoms with E-state index in [1.54, 1.807) is 0 Å². The van der Waals surface area contributed by atoms with Gasteiger partial charge in [0.1, 0.15) is 0 Å². The van der Waals surface area contributed by atoms with Gasteiger partial charge in [-0.15, -0.1) is 0 Å². The molecule has 1 aromatic carbocycles. The molecule has 0 aliphatic heterocycles. The van der Waals surface area contributed by atoms with Crippen molar-refractivity contribution < 1.29 is 15.0 Å². The molecule has 1 saturated carbocycles. The average Bonchev–Trinajstić information content (AvgIpc) is 2.63. The number of carbonyl (C=O) groups is 1. The van der Waals surface area contributed by atoms with Crippen LogP contribution in [-0.2, 0) is 11.2 Å². The van der Waals surface area contributed by atoms with E-state index in [0.717, 1.165) is 6.42 Å². The molecule has 20 heavy (non-hydrogen) atoms. The Morgan fingerprint density at radius 3 is 2.45 bits per heavy atom. The quantitative estimate of drug-likeness (QED) is 0.759. The highest BCUT2D eigenvalue weighted by Gasteiger charge is 2.41. The third kappa shape index (κ3) is 4.05. The summed E-state index contributed by atoms with van der Waals surface area (Å²) in [4.78, 5) is 11.9. The Bertz CT molecular complexity index is 436. The lowest BCUT2D eigenvalue weighted by molar-refractivity contribution is -0.123. The fourth-order valence-corrected chi connectivity index (χ4v) is 2.95. The number of aliphatic hydroxyl groups excluding tert-OH is 2. The first-order valence-electron chi connectivity index (χ1n) is 7.15. The van der Waals surface area contributed by atoms with E-state index >= 15 is 0 Å². The van der Waals surface area contributed by atoms with Crippen LogP contribution in [-0.4, -0.2) is 34.9 Å². The molecule has 1 aromatic rings. The maximum atomic E-state index is 11.9. The minimum Gasteiger partial charge on any atom is -0.390 e. The van der Waals surface area contributed by atoms with E-state index in [-0.39, 0.29) is 11.3 Å². The second-order valence-electron chi connectivity index (χ2n) is 6.12. The molecule has 1 amide bonds. The molecule has 4 heteroatoms. The Kier molecular flexibility index (Phi) is 4.78. The van der Waals surface area contributed by atoms with Crippen molar-refractivity contribution in [3.05, 3.63) is 35.9 Å². The zero-order valence-corrected chi connectivity index (χ0v) is 11.9. The van der Waals surface area contributed by atoms with Gasteiger partial charge < -0.3 is 15.5 Å². The molecular formula is C16H23NO3. The van der Waals surface area contributed by atoms with E-state index in [2.05, 4.69) is 5.32 Å². The van der Waals surface area contributed by atoms with Gasteiger partial charge in [-0.25, -0.2) is 0 Å². The third-order valence-corrected chi connectivity index (χ3v) is 4.01. The van der Waals surface area contributed by atoms with Gasteiger partial charge in [-0.2, -0.15) is 0 Å². The fraction of sp³-hybridized carbons (Fsp3) is 0.562. The lowest BCUT2D eigenvalue weighted by Gasteiger charge is -2.22. The van der Waals surface area contributed by atoms with Crippen LogP contribution in [0.5, 0.6) is 0 Å². The Labute approximate surface area is 119 Å². The van der Waals surface area contributed by atoms with Gasteiger partial charge in [0.05, 0.1) is 12.2 Å². The number of aliphatic hydroxyl groups is 2. The van der Waals surface area contributed by atoms with Crippen LogP contribution in [0, 0.1) is 5.41 Å². The van der Waals surface area contributed by atoms with Crippen molar-refractivity contribution in [2.24, 2.45) is 5.41 Å². The standard InChI is InChI=1S/C16H23NO3/c1-16(9-13(18)14(19)10-16)11-15(20)17-8-7-12-5-3-2-4-6-12/h2-6,13-14,18-19H,7-11H2,1H3,(H,17,20). The summed E-state index contributed by atoms with van der Waals surface area (Å²) >= 11 is 0. The molecule has 1 aliphatic rings. The lowest BCUT2D eigenvalue weighted by Crippen LogP contribution is -2.30. The monoisotopic (exact) mass is 277 g/mol. The van der Waals surface area contributed by atoms with Crippen LogP contribution in [0.2, 0.25) is 0 Å². The normalized spacial score (nSPS) is 29.4. The first-order valence-corrected chi connectivity index (χ1v) is 7.15. The van der Waals surface area contributed by atoms with Crippen LogP contribution >= 0.6 is 0 Å². The maximum Gasteiger partial charge on any atom is 0.220 e. The molecule has 2 unspecified atom stereocenters. The molecule has 110 valence electrons. The number of hydrogen-bond donors (Lipinski definition) is 3. The van der Waals surface area contributed by atoms with E-state index in [9.17, 15) is 15.0 Å². The highest BCUT2D eigenvalue weighted by molar-refractivity contribution is 5.76. The predicted molar refractivity (Wildman–Crippen MR) is 77.1 cm³/mol. The molecule has 1 aliphatic carbocycles. The number of benzene rings is 1. The van der Waals surface area contributed by atoms with Gasteiger partial charge in [-0.3, -0.25) is 4.79 Å². The van der Waals surface area contributed by atoms with Gasteiger partial charge in [-0.05, 0) is 30.2 Å². The number of rotatable bonds is 5. The molecule has 0 saturated heterocycles. The molecule has 0 heterocycles. The Hall–Kier alpha value is -1.39. The zero-order valence-electron chi connectivity index (χ0n) is 11.9. The summed E-state index contributed by atoms with van der Waals surface area (Å²) < 4.78 is 0. The molecule has 0 bridgehead atoms. The summed E-state index contributed by atoms with van der Waals surface area (Å²) in [5.74, 6) is -0.00951. The number of hydrogen-bond acceptors (Lipinski definition) is 3. The molecular weight excluding hydrogens is 254 g/mol. The second kappa shape index (κ2) is 6.37. The molecule has 2 atom stereocenters. The van der Waals surface area contributed by atoms with Crippen LogP contribution in [0.3, 0.4) is 0 Å². The molecule has 0 spiro atoms. The van der Waals surface area contributed by atoms with E-state index in [1.807, 2.05) is 37.3 Å². The Morgan fingerprint density at radius 1 is 1.25 bits per heavy atom. The third-order valence-electron chi connectivity index (χ3n) is 4.01. The molecule has 3 N–H and O–H groups in total.